The standard InChI is InChI=1S/C76H100N18O21/c1-37(2)62-72(110)88-50(29-40-20-23-45(115-7)24-21-40)66(104)85-51(30-41-19-22-42-14-8-9-15-43(42)28-41)71(109)94-76(5,6)75(114)91-55(69(107)87-53(32-58(78)98)68(106)90-56(74(112)113)34-60(80)100)35-61(101)81-27-13-12-18-48(83-39(4)96)64(102)86-54(33-59(79)99)70(108)93-63(38(3)95)73(111)89-52(31-44-36-82-47-17-11-10-16-46(44)47)67(105)84-49(65(103)92-62)25-26-57(77)97/h8-11,14-17,19-24,28,36-38,48-56,62-63,82,95H,12-13,18,25-27,29-35H2,1-7H3,(H2,77,97)(H2,78,98)(H2,79,99)(H2,80,100)(H,81,101)(H,83,96)(H,84,105)(H,85,104)(H,86,102)(H,87,107)(H,88,110)(H,89,111)(H,90,106)(H,91,114)(H,92,103)(H,93,108)(H,94,109)(H,112,113)/t38-,48?,49+,50+,51+,52+,53+,54+,55-,56+,62+,63?/m1/s1. The SMILES string of the molecule is COc1ccc(C[C@@H]2NC(=O)[C@H](C(C)C)NC(=O)[C@H](CCC(N)=O)NC(=O)[C@H](Cc3c[nH]c4ccccc34)NC(=O)C([C@@H](C)O)NC(=O)[C@H](CC(N)=O)NC(=O)C(NC(C)=O)CCCCNC(=O)C[C@H](C(=O)N[C@@H](CC(N)=O)C(=O)N[C@@H](CC(N)=O)C(=O)O)NC(=O)C(C)(C)NC(=O)[C@H](Cc3ccc4ccccc4c3)NC2=O)cc1. The summed E-state index contributed by atoms with van der Waals surface area (Å²) < 4.78 is 5.36. The van der Waals surface area contributed by atoms with E-state index in [9.17, 15) is 82.1 Å². The molecule has 17 amide bonds. The molecule has 0 aliphatic carbocycles. The third kappa shape index (κ3) is 28.3. The second-order valence-corrected chi connectivity index (χ2v) is 28.7. The van der Waals surface area contributed by atoms with E-state index >= 15 is 14.4 Å². The van der Waals surface area contributed by atoms with Crippen molar-refractivity contribution in [2.24, 2.45) is 28.9 Å². The van der Waals surface area contributed by atoms with Gasteiger partial charge >= 0.3 is 5.97 Å². The Morgan fingerprint density at radius 1 is 0.574 bits per heavy atom. The number of nitrogens with two attached hydrogens (primary N) is 4. The zero-order chi connectivity index (χ0) is 85.1. The second kappa shape index (κ2) is 42.5. The number of aromatic nitrogens is 1. The van der Waals surface area contributed by atoms with Crippen molar-refractivity contribution in [1.82, 2.24) is 74.1 Å². The van der Waals surface area contributed by atoms with Crippen molar-refractivity contribution in [1.29, 1.82) is 0 Å². The number of para-hydroxylation sites is 1. The highest BCUT2D eigenvalue weighted by molar-refractivity contribution is 6.03. The van der Waals surface area contributed by atoms with Gasteiger partial charge in [0, 0.05) is 56.3 Å². The average molecular weight is 1600 g/mol. The Labute approximate surface area is 659 Å². The maximum atomic E-state index is 15.3. The predicted octanol–water partition coefficient (Wildman–Crippen LogP) is -4.69. The molecule has 2 heterocycles. The minimum absolute atomic E-state index is 0.0325. The number of aliphatic carboxylic acids is 1. The number of aromatic amines is 1. The van der Waals surface area contributed by atoms with Crippen molar-refractivity contribution >= 4 is 128 Å². The third-order valence-corrected chi connectivity index (χ3v) is 18.5. The maximum absolute atomic E-state index is 15.3. The number of primary amides is 4. The molecule has 39 nitrogen and oxygen atoms in total. The lowest BCUT2D eigenvalue weighted by Gasteiger charge is -2.31. The highest BCUT2D eigenvalue weighted by Gasteiger charge is 2.41. The van der Waals surface area contributed by atoms with E-state index in [2.05, 4.69) is 68.8 Å². The number of hydrogen-bond acceptors (Lipinski definition) is 20. The van der Waals surface area contributed by atoms with Gasteiger partial charge in [-0.15, -0.1) is 0 Å². The number of hydrogen-bond donors (Lipinski definition) is 20. The quantitative estimate of drug-likeness (QED) is 0.0276. The Bertz CT molecular complexity index is 4450. The molecular weight excluding hydrogens is 1500 g/mol. The van der Waals surface area contributed by atoms with Crippen molar-refractivity contribution in [3.05, 3.63) is 114 Å². The summed E-state index contributed by atoms with van der Waals surface area (Å²) in [6.07, 6.45) is -6.67. The fourth-order valence-electron chi connectivity index (χ4n) is 12.3. The van der Waals surface area contributed by atoms with E-state index in [1.54, 1.807) is 84.9 Å². The second-order valence-electron chi connectivity index (χ2n) is 28.7. The van der Waals surface area contributed by atoms with Gasteiger partial charge in [-0.3, -0.25) is 81.5 Å². The lowest BCUT2D eigenvalue weighted by atomic mass is 9.97. The van der Waals surface area contributed by atoms with Gasteiger partial charge in [-0.25, -0.2) is 4.79 Å². The number of benzene rings is 4. The van der Waals surface area contributed by atoms with Crippen LogP contribution in [0, 0.1) is 5.92 Å². The Kier molecular flexibility index (Phi) is 33.6. The summed E-state index contributed by atoms with van der Waals surface area (Å²) >= 11 is 0. The van der Waals surface area contributed by atoms with E-state index in [-0.39, 0.29) is 45.1 Å². The lowest BCUT2D eigenvalue weighted by Crippen LogP contribution is -2.64. The smallest absolute Gasteiger partial charge is 0.326 e. The zero-order valence-electron chi connectivity index (χ0n) is 64.4. The molecule has 620 valence electrons. The maximum Gasteiger partial charge on any atom is 0.326 e. The van der Waals surface area contributed by atoms with Crippen molar-refractivity contribution in [2.75, 3.05) is 13.7 Å². The number of ether oxygens (including phenoxy) is 1. The summed E-state index contributed by atoms with van der Waals surface area (Å²) in [7, 11) is 1.41. The van der Waals surface area contributed by atoms with Gasteiger partial charge in [0.1, 0.15) is 77.7 Å². The molecule has 39 heteroatoms. The molecule has 1 fully saturated rings. The number of carbonyl (C=O) groups excluding carboxylic acids is 17. The first kappa shape index (κ1) is 90.8. The summed E-state index contributed by atoms with van der Waals surface area (Å²) in [5, 5.41) is 54.7. The van der Waals surface area contributed by atoms with Crippen LogP contribution in [0.4, 0.5) is 0 Å². The number of H-pyrrole nitrogens is 1. The molecular formula is C76H100N18O21. The van der Waals surface area contributed by atoms with Crippen molar-refractivity contribution in [3.8, 4) is 5.75 Å². The average Bonchev–Trinajstić information content (AvgIpc) is 1.50. The first-order valence-corrected chi connectivity index (χ1v) is 36.8. The van der Waals surface area contributed by atoms with Crippen LogP contribution in [0.5, 0.6) is 5.75 Å². The summed E-state index contributed by atoms with van der Waals surface area (Å²) in [5.74, 6) is -21.5. The molecule has 4 aromatic carbocycles. The molecule has 6 rings (SSSR count). The molecule has 1 aromatic heterocycles. The number of carbonyl (C=O) groups is 18. The van der Waals surface area contributed by atoms with Crippen molar-refractivity contribution < 1.29 is 101 Å². The van der Waals surface area contributed by atoms with Crippen LogP contribution in [0.15, 0.2) is 97.2 Å². The first-order valence-electron chi connectivity index (χ1n) is 36.8. The normalized spacial score (nSPS) is 21.9. The fraction of sp³-hybridized carbons (Fsp3) is 0.447. The molecule has 5 aromatic rings. The van der Waals surface area contributed by atoms with E-state index in [4.69, 9.17) is 27.7 Å². The van der Waals surface area contributed by atoms with E-state index in [0.717, 1.165) is 19.2 Å². The van der Waals surface area contributed by atoms with Crippen LogP contribution < -0.4 is 96.8 Å². The van der Waals surface area contributed by atoms with Crippen LogP contribution in [0.3, 0.4) is 0 Å². The van der Waals surface area contributed by atoms with Gasteiger partial charge in [0.25, 0.3) is 0 Å². The number of carboxylic acids is 1. The van der Waals surface area contributed by atoms with Crippen molar-refractivity contribution in [3.63, 3.8) is 0 Å². The Balaban J connectivity index is 1.47. The first-order chi connectivity index (χ1) is 54.2. The van der Waals surface area contributed by atoms with Crippen LogP contribution in [0.2, 0.25) is 0 Å². The highest BCUT2D eigenvalue weighted by Crippen LogP contribution is 2.22. The summed E-state index contributed by atoms with van der Waals surface area (Å²) in [6.45, 7) is 7.23. The largest absolute Gasteiger partial charge is 0.497 e. The molecule has 1 aliphatic rings. The van der Waals surface area contributed by atoms with Crippen LogP contribution in [-0.2, 0) is 106 Å². The molecule has 1 saturated heterocycles. The Morgan fingerprint density at radius 2 is 1.12 bits per heavy atom. The molecule has 0 spiro atoms. The number of carboxylic acid groups (broad SMARTS) is 1. The van der Waals surface area contributed by atoms with Gasteiger partial charge in [-0.1, -0.05) is 86.6 Å². The van der Waals surface area contributed by atoms with Crippen LogP contribution in [0.1, 0.15) is 116 Å². The molecule has 24 N–H and O–H groups in total. The number of amides is 17. The number of fused-ring (bicyclic) bond motifs is 2. The molecule has 115 heavy (non-hydrogen) atoms. The summed E-state index contributed by atoms with van der Waals surface area (Å²) in [6, 6.07) is 5.39. The number of aliphatic hydroxyl groups excluding tert-OH is 1. The molecule has 0 bridgehead atoms. The van der Waals surface area contributed by atoms with Crippen molar-refractivity contribution in [2.45, 2.75) is 197 Å². The Morgan fingerprint density at radius 3 is 1.73 bits per heavy atom. The monoisotopic (exact) mass is 1600 g/mol. The molecule has 12 atom stereocenters. The van der Waals surface area contributed by atoms with Gasteiger partial charge in [0.2, 0.25) is 100 Å². The number of rotatable bonds is 24. The molecule has 0 saturated carbocycles. The Hall–Kier alpha value is -13.1. The van der Waals surface area contributed by atoms with Gasteiger partial charge in [-0.2, -0.15) is 0 Å². The topological polar surface area (TPSA) is 633 Å². The van der Waals surface area contributed by atoms with Gasteiger partial charge in [0.05, 0.1) is 38.9 Å². The van der Waals surface area contributed by atoms with Gasteiger partial charge in [-0.05, 0) is 98.0 Å². The van der Waals surface area contributed by atoms with E-state index in [1.807, 2.05) is 11.4 Å². The van der Waals surface area contributed by atoms with Crippen LogP contribution in [0.25, 0.3) is 21.7 Å². The van der Waals surface area contributed by atoms with Crippen LogP contribution in [-0.4, -0.2) is 213 Å². The third-order valence-electron chi connectivity index (χ3n) is 18.5. The summed E-state index contributed by atoms with van der Waals surface area (Å²) in [4.78, 5) is 252. The number of aliphatic hydroxyl groups is 1. The van der Waals surface area contributed by atoms with E-state index in [0.29, 0.717) is 38.7 Å². The minimum Gasteiger partial charge on any atom is -0.497 e. The minimum atomic E-state index is -2.18. The lowest BCUT2D eigenvalue weighted by molar-refractivity contribution is -0.144. The molecule has 2 unspecified atom stereocenters. The fourth-order valence-corrected chi connectivity index (χ4v) is 12.3. The summed E-state index contributed by atoms with van der Waals surface area (Å²) in [5.41, 5.74) is 21.5. The zero-order valence-corrected chi connectivity index (χ0v) is 64.4. The number of nitrogens with one attached hydrogen (secondary N) is 14. The van der Waals surface area contributed by atoms with Gasteiger partial charge < -0.3 is 112 Å². The van der Waals surface area contributed by atoms with Gasteiger partial charge in [0.15, 0.2) is 0 Å². The van der Waals surface area contributed by atoms with Crippen LogP contribution >= 0.6 is 0 Å². The van der Waals surface area contributed by atoms with E-state index in [1.165, 1.54) is 41.0 Å². The predicted molar refractivity (Wildman–Crippen MR) is 411 cm³/mol. The molecule has 1 aliphatic heterocycles. The molecule has 0 radical (unpaired) electrons. The number of methoxy groups -OCH3 is 1. The highest BCUT2D eigenvalue weighted by atomic mass is 16.5. The van der Waals surface area contributed by atoms with E-state index < -0.39 is 229 Å².